The van der Waals surface area contributed by atoms with Crippen molar-refractivity contribution in [2.75, 3.05) is 21.3 Å². The smallest absolute Gasteiger partial charge is 0.338 e. The molecule has 2 aliphatic heterocycles. The monoisotopic (exact) mass is 525 g/mol. The third-order valence-electron chi connectivity index (χ3n) is 6.11. The van der Waals surface area contributed by atoms with Crippen molar-refractivity contribution in [3.63, 3.8) is 0 Å². The number of allylic oxidation sites excluding steroid dienone is 1. The third-order valence-corrected chi connectivity index (χ3v) is 7.00. The van der Waals surface area contributed by atoms with Gasteiger partial charge in [-0.05, 0) is 41.7 Å². The van der Waals surface area contributed by atoms with Crippen LogP contribution >= 0.6 is 11.8 Å². The zero-order valence-electron chi connectivity index (χ0n) is 21.0. The molecule has 1 atom stereocenters. The summed E-state index contributed by atoms with van der Waals surface area (Å²) in [6, 6.07) is 10.7. The van der Waals surface area contributed by atoms with Crippen molar-refractivity contribution in [3.05, 3.63) is 81.8 Å². The number of methoxy groups -OCH3 is 3. The molecule has 1 N–H and O–H groups in total. The molecular formula is C27H28FN3O5S. The Balaban J connectivity index is 1.67. The van der Waals surface area contributed by atoms with Crippen LogP contribution in [0, 0.1) is 5.82 Å². The van der Waals surface area contributed by atoms with Crippen molar-refractivity contribution in [1.82, 2.24) is 10.2 Å². The fourth-order valence-electron chi connectivity index (χ4n) is 4.28. The van der Waals surface area contributed by atoms with Gasteiger partial charge in [0.05, 0.1) is 45.1 Å². The number of amides is 1. The maximum absolute atomic E-state index is 13.2. The van der Waals surface area contributed by atoms with Crippen molar-refractivity contribution < 1.29 is 28.2 Å². The SMILES string of the molecule is CCC1=C(C(=O)OC)C(c2ccc(OC)cc2OC)N2C(CC(=O)NCc3ccc(F)cc3)=CSC2=N1. The molecule has 2 heterocycles. The van der Waals surface area contributed by atoms with E-state index < -0.39 is 12.0 Å². The number of fused-ring (bicyclic) bond motifs is 1. The van der Waals surface area contributed by atoms with Gasteiger partial charge < -0.3 is 24.4 Å². The van der Waals surface area contributed by atoms with E-state index in [0.717, 1.165) is 5.56 Å². The number of halogens is 1. The first-order chi connectivity index (χ1) is 17.9. The van der Waals surface area contributed by atoms with Gasteiger partial charge in [-0.2, -0.15) is 0 Å². The molecule has 2 aromatic rings. The predicted octanol–water partition coefficient (Wildman–Crippen LogP) is 4.69. The van der Waals surface area contributed by atoms with Gasteiger partial charge in [-0.3, -0.25) is 4.79 Å². The Labute approximate surface area is 219 Å². The van der Waals surface area contributed by atoms with Gasteiger partial charge in [0.15, 0.2) is 5.17 Å². The molecule has 1 amide bonds. The van der Waals surface area contributed by atoms with Gasteiger partial charge in [0.25, 0.3) is 0 Å². The van der Waals surface area contributed by atoms with Crippen LogP contribution in [-0.4, -0.2) is 43.3 Å². The van der Waals surface area contributed by atoms with Gasteiger partial charge in [0, 0.05) is 23.9 Å². The van der Waals surface area contributed by atoms with E-state index in [2.05, 4.69) is 5.32 Å². The van der Waals surface area contributed by atoms with Crippen LogP contribution in [-0.2, 0) is 20.9 Å². The minimum Gasteiger partial charge on any atom is -0.497 e. The molecule has 4 rings (SSSR count). The molecule has 2 aliphatic rings. The highest BCUT2D eigenvalue weighted by atomic mass is 32.2. The topological polar surface area (TPSA) is 89.5 Å². The van der Waals surface area contributed by atoms with Crippen molar-refractivity contribution in [3.8, 4) is 11.5 Å². The molecule has 0 saturated heterocycles. The fraction of sp³-hybridized carbons (Fsp3) is 0.296. The van der Waals surface area contributed by atoms with E-state index in [-0.39, 0.29) is 24.7 Å². The quantitative estimate of drug-likeness (QED) is 0.475. The Bertz CT molecular complexity index is 1290. The normalized spacial score (nSPS) is 16.6. The fourth-order valence-corrected chi connectivity index (χ4v) is 5.22. The maximum Gasteiger partial charge on any atom is 0.338 e. The summed E-state index contributed by atoms with van der Waals surface area (Å²) in [5.41, 5.74) is 3.18. The van der Waals surface area contributed by atoms with Gasteiger partial charge >= 0.3 is 5.97 Å². The molecule has 194 valence electrons. The number of ether oxygens (including phenoxy) is 3. The van der Waals surface area contributed by atoms with Crippen LogP contribution in [0.3, 0.4) is 0 Å². The molecule has 0 aromatic heterocycles. The van der Waals surface area contributed by atoms with E-state index >= 15 is 0 Å². The molecule has 1 unspecified atom stereocenters. The van der Waals surface area contributed by atoms with E-state index in [1.54, 1.807) is 38.5 Å². The zero-order chi connectivity index (χ0) is 26.5. The number of benzene rings is 2. The number of nitrogens with zero attached hydrogens (tertiary/aromatic N) is 2. The van der Waals surface area contributed by atoms with Crippen molar-refractivity contribution in [1.29, 1.82) is 0 Å². The lowest BCUT2D eigenvalue weighted by molar-refractivity contribution is -0.136. The molecule has 37 heavy (non-hydrogen) atoms. The summed E-state index contributed by atoms with van der Waals surface area (Å²) in [6.45, 7) is 2.20. The zero-order valence-corrected chi connectivity index (χ0v) is 21.9. The summed E-state index contributed by atoms with van der Waals surface area (Å²) in [7, 11) is 4.45. The van der Waals surface area contributed by atoms with E-state index in [1.807, 2.05) is 23.3 Å². The van der Waals surface area contributed by atoms with Gasteiger partial charge in [-0.1, -0.05) is 30.8 Å². The van der Waals surface area contributed by atoms with Crippen LogP contribution in [0.2, 0.25) is 0 Å². The number of esters is 1. The van der Waals surface area contributed by atoms with E-state index in [1.165, 1.54) is 31.0 Å². The highest BCUT2D eigenvalue weighted by molar-refractivity contribution is 8.16. The number of hydrogen-bond acceptors (Lipinski definition) is 8. The molecular weight excluding hydrogens is 497 g/mol. The van der Waals surface area contributed by atoms with Crippen LogP contribution in [0.15, 0.2) is 69.8 Å². The van der Waals surface area contributed by atoms with Crippen LogP contribution in [0.5, 0.6) is 11.5 Å². The summed E-state index contributed by atoms with van der Waals surface area (Å²) in [5, 5.41) is 5.40. The lowest BCUT2D eigenvalue weighted by Crippen LogP contribution is -2.38. The van der Waals surface area contributed by atoms with Gasteiger partial charge in [0.1, 0.15) is 17.3 Å². The van der Waals surface area contributed by atoms with E-state index in [4.69, 9.17) is 19.2 Å². The predicted molar refractivity (Wildman–Crippen MR) is 139 cm³/mol. The Morgan fingerprint density at radius 1 is 1.11 bits per heavy atom. The minimum absolute atomic E-state index is 0.0537. The lowest BCUT2D eigenvalue weighted by Gasteiger charge is -2.37. The summed E-state index contributed by atoms with van der Waals surface area (Å²) >= 11 is 1.39. The Morgan fingerprint density at radius 3 is 2.51 bits per heavy atom. The Kier molecular flexibility index (Phi) is 8.17. The second-order valence-electron chi connectivity index (χ2n) is 8.29. The van der Waals surface area contributed by atoms with E-state index in [0.29, 0.717) is 45.6 Å². The first kappa shape index (κ1) is 26.3. The maximum atomic E-state index is 13.2. The standard InChI is InChI=1S/C27H28FN3O5S/c1-5-21-24(26(33)36-4)25(20-11-10-19(34-2)13-22(20)35-3)31-18(15-37-27(31)30-21)12-23(32)29-14-16-6-8-17(28)9-7-16/h6-11,13,15,25H,5,12,14H2,1-4H3,(H,29,32). The van der Waals surface area contributed by atoms with Crippen LogP contribution in [0.4, 0.5) is 4.39 Å². The molecule has 0 spiro atoms. The van der Waals surface area contributed by atoms with Gasteiger partial charge in [0.2, 0.25) is 5.91 Å². The summed E-state index contributed by atoms with van der Waals surface area (Å²) < 4.78 is 29.4. The van der Waals surface area contributed by atoms with Crippen molar-refractivity contribution in [2.24, 2.45) is 4.99 Å². The van der Waals surface area contributed by atoms with E-state index in [9.17, 15) is 14.0 Å². The van der Waals surface area contributed by atoms with Crippen LogP contribution in [0.25, 0.3) is 0 Å². The number of amidine groups is 1. The number of hydrogen-bond donors (Lipinski definition) is 1. The second-order valence-corrected chi connectivity index (χ2v) is 9.12. The number of carbonyl (C=O) groups excluding carboxylic acids is 2. The molecule has 0 fully saturated rings. The molecule has 2 aromatic carbocycles. The van der Waals surface area contributed by atoms with Crippen molar-refractivity contribution in [2.45, 2.75) is 32.4 Å². The van der Waals surface area contributed by atoms with Crippen LogP contribution < -0.4 is 14.8 Å². The molecule has 0 saturated carbocycles. The van der Waals surface area contributed by atoms with Gasteiger partial charge in [-0.25, -0.2) is 14.2 Å². The first-order valence-electron chi connectivity index (χ1n) is 11.7. The number of nitrogens with one attached hydrogen (secondary N) is 1. The number of rotatable bonds is 9. The molecule has 10 heteroatoms. The molecule has 8 nitrogen and oxygen atoms in total. The first-order valence-corrected chi connectivity index (χ1v) is 12.6. The highest BCUT2D eigenvalue weighted by Crippen LogP contribution is 2.48. The molecule has 0 bridgehead atoms. The number of aliphatic imine (C=N–C) groups is 1. The number of thioether (sulfide) groups is 1. The average molecular weight is 526 g/mol. The van der Waals surface area contributed by atoms with Crippen molar-refractivity contribution >= 4 is 28.8 Å². The van der Waals surface area contributed by atoms with Crippen LogP contribution in [0.1, 0.15) is 36.9 Å². The minimum atomic E-state index is -0.623. The Morgan fingerprint density at radius 2 is 1.86 bits per heavy atom. The molecule has 0 aliphatic carbocycles. The highest BCUT2D eigenvalue weighted by Gasteiger charge is 2.42. The second kappa shape index (κ2) is 11.5. The Hall–Kier alpha value is -3.79. The summed E-state index contributed by atoms with van der Waals surface area (Å²) in [6.07, 6.45) is 0.572. The number of carbonyl (C=O) groups is 2. The third kappa shape index (κ3) is 5.48. The largest absolute Gasteiger partial charge is 0.497 e. The van der Waals surface area contributed by atoms with Gasteiger partial charge in [-0.15, -0.1) is 0 Å². The summed E-state index contributed by atoms with van der Waals surface area (Å²) in [5.74, 6) is 0.0825. The summed E-state index contributed by atoms with van der Waals surface area (Å²) in [4.78, 5) is 32.6. The molecule has 0 radical (unpaired) electrons. The average Bonchev–Trinajstić information content (AvgIpc) is 3.32. The lowest BCUT2D eigenvalue weighted by atomic mass is 9.92.